The summed E-state index contributed by atoms with van der Waals surface area (Å²) in [5.74, 6) is 0.988. The van der Waals surface area contributed by atoms with E-state index in [1.54, 1.807) is 7.11 Å². The predicted octanol–water partition coefficient (Wildman–Crippen LogP) is 2.43. The highest BCUT2D eigenvalue weighted by Crippen LogP contribution is 2.18. The second-order valence-electron chi connectivity index (χ2n) is 7.64. The third-order valence-corrected chi connectivity index (χ3v) is 5.03. The topological polar surface area (TPSA) is 55.3 Å². The molecule has 0 spiro atoms. The van der Waals surface area contributed by atoms with Crippen LogP contribution in [0.2, 0.25) is 0 Å². The first-order chi connectivity index (χ1) is 12.0. The molecule has 2 aliphatic rings. The molecule has 25 heavy (non-hydrogen) atoms. The molecule has 6 heteroatoms. The fourth-order valence-electron chi connectivity index (χ4n) is 3.17. The molecule has 146 valence electrons. The minimum atomic E-state index is -0.234. The molecule has 2 aliphatic heterocycles. The summed E-state index contributed by atoms with van der Waals surface area (Å²) in [7, 11) is 1.74. The summed E-state index contributed by atoms with van der Waals surface area (Å²) in [4.78, 5) is 7.11. The van der Waals surface area contributed by atoms with E-state index in [0.29, 0.717) is 18.8 Å². The van der Waals surface area contributed by atoms with Crippen molar-refractivity contribution in [1.82, 2.24) is 10.2 Å². The molecule has 0 saturated carbocycles. The average molecular weight is 356 g/mol. The van der Waals surface area contributed by atoms with Gasteiger partial charge < -0.3 is 24.4 Å². The van der Waals surface area contributed by atoms with E-state index in [1.165, 1.54) is 12.8 Å². The molecule has 2 saturated heterocycles. The van der Waals surface area contributed by atoms with Gasteiger partial charge in [-0.2, -0.15) is 0 Å². The zero-order chi connectivity index (χ0) is 18.1. The lowest BCUT2D eigenvalue weighted by Gasteiger charge is -2.35. The number of rotatable bonds is 7. The van der Waals surface area contributed by atoms with E-state index in [9.17, 15) is 0 Å². The number of hydrogen-bond donors (Lipinski definition) is 1. The molecule has 0 aromatic carbocycles. The van der Waals surface area contributed by atoms with Crippen molar-refractivity contribution in [3.8, 4) is 0 Å². The van der Waals surface area contributed by atoms with Gasteiger partial charge in [0, 0.05) is 33.4 Å². The molecule has 0 amide bonds. The molecule has 0 bridgehead atoms. The number of nitrogens with zero attached hydrogens (tertiary/aromatic N) is 2. The van der Waals surface area contributed by atoms with Crippen LogP contribution in [0.5, 0.6) is 0 Å². The Labute approximate surface area is 153 Å². The highest BCUT2D eigenvalue weighted by molar-refractivity contribution is 5.80. The zero-order valence-electron chi connectivity index (χ0n) is 16.6. The highest BCUT2D eigenvalue weighted by Gasteiger charge is 2.24. The molecule has 0 aromatic heterocycles. The lowest BCUT2D eigenvalue weighted by atomic mass is 10.1. The van der Waals surface area contributed by atoms with Gasteiger partial charge in [0.15, 0.2) is 5.96 Å². The van der Waals surface area contributed by atoms with Gasteiger partial charge in [0.25, 0.3) is 0 Å². The summed E-state index contributed by atoms with van der Waals surface area (Å²) in [5, 5.41) is 3.41. The summed E-state index contributed by atoms with van der Waals surface area (Å²) < 4.78 is 17.3. The molecular weight excluding hydrogens is 318 g/mol. The van der Waals surface area contributed by atoms with Crippen molar-refractivity contribution in [3.63, 3.8) is 0 Å². The molecule has 2 heterocycles. The van der Waals surface area contributed by atoms with E-state index < -0.39 is 0 Å². The smallest absolute Gasteiger partial charge is 0.194 e. The summed E-state index contributed by atoms with van der Waals surface area (Å²) in [6.07, 6.45) is 6.36. The molecule has 6 nitrogen and oxygen atoms in total. The van der Waals surface area contributed by atoms with Crippen LogP contribution in [-0.2, 0) is 14.2 Å². The minimum absolute atomic E-state index is 0.234. The molecule has 0 aliphatic carbocycles. The van der Waals surface area contributed by atoms with Crippen molar-refractivity contribution in [1.29, 1.82) is 0 Å². The van der Waals surface area contributed by atoms with E-state index in [2.05, 4.69) is 31.0 Å². The van der Waals surface area contributed by atoms with E-state index >= 15 is 0 Å². The Hall–Kier alpha value is -0.850. The van der Waals surface area contributed by atoms with E-state index in [1.807, 2.05) is 0 Å². The number of aliphatic imine (C=N–C) groups is 1. The van der Waals surface area contributed by atoms with Gasteiger partial charge in [0.2, 0.25) is 0 Å². The highest BCUT2D eigenvalue weighted by atomic mass is 16.5. The number of likely N-dealkylation sites (tertiary alicyclic amines) is 1. The Morgan fingerprint density at radius 2 is 2.00 bits per heavy atom. The van der Waals surface area contributed by atoms with Crippen molar-refractivity contribution in [2.24, 2.45) is 4.99 Å². The van der Waals surface area contributed by atoms with E-state index in [-0.39, 0.29) is 5.60 Å². The van der Waals surface area contributed by atoms with Crippen molar-refractivity contribution in [2.45, 2.75) is 70.7 Å². The van der Waals surface area contributed by atoms with Crippen molar-refractivity contribution < 1.29 is 14.2 Å². The lowest BCUT2D eigenvalue weighted by Crippen LogP contribution is -2.48. The first kappa shape index (κ1) is 20.5. The van der Waals surface area contributed by atoms with Gasteiger partial charge in [-0.1, -0.05) is 0 Å². The lowest BCUT2D eigenvalue weighted by molar-refractivity contribution is -0.0721. The first-order valence-corrected chi connectivity index (χ1v) is 9.85. The molecule has 1 N–H and O–H groups in total. The van der Waals surface area contributed by atoms with Crippen LogP contribution in [0.4, 0.5) is 0 Å². The van der Waals surface area contributed by atoms with Gasteiger partial charge in [-0.15, -0.1) is 0 Å². The van der Waals surface area contributed by atoms with Gasteiger partial charge in [-0.3, -0.25) is 4.99 Å². The fourth-order valence-corrected chi connectivity index (χ4v) is 3.17. The normalized spacial score (nSPS) is 23.8. The largest absolute Gasteiger partial charge is 0.377 e. The molecule has 0 radical (unpaired) electrons. The summed E-state index contributed by atoms with van der Waals surface area (Å²) >= 11 is 0. The minimum Gasteiger partial charge on any atom is -0.377 e. The van der Waals surface area contributed by atoms with Crippen LogP contribution in [0, 0.1) is 0 Å². The van der Waals surface area contributed by atoms with Crippen molar-refractivity contribution >= 4 is 5.96 Å². The molecule has 1 atom stereocenters. The van der Waals surface area contributed by atoms with Crippen LogP contribution in [-0.4, -0.2) is 75.2 Å². The number of ether oxygens (including phenoxy) is 3. The van der Waals surface area contributed by atoms with Gasteiger partial charge in [0.1, 0.15) is 0 Å². The maximum Gasteiger partial charge on any atom is 0.194 e. The van der Waals surface area contributed by atoms with Crippen LogP contribution >= 0.6 is 0 Å². The van der Waals surface area contributed by atoms with E-state index in [4.69, 9.17) is 19.2 Å². The summed E-state index contributed by atoms with van der Waals surface area (Å²) in [6.45, 7) is 11.4. The van der Waals surface area contributed by atoms with Crippen LogP contribution in [0.25, 0.3) is 0 Å². The van der Waals surface area contributed by atoms with Crippen molar-refractivity contribution in [3.05, 3.63) is 0 Å². The zero-order valence-corrected chi connectivity index (χ0v) is 16.6. The Balaban J connectivity index is 1.76. The average Bonchev–Trinajstić information content (AvgIpc) is 2.65. The van der Waals surface area contributed by atoms with Crippen LogP contribution in [0.3, 0.4) is 0 Å². The first-order valence-electron chi connectivity index (χ1n) is 9.85. The Morgan fingerprint density at radius 3 is 2.60 bits per heavy atom. The van der Waals surface area contributed by atoms with Crippen LogP contribution in [0.1, 0.15) is 52.9 Å². The third-order valence-electron chi connectivity index (χ3n) is 5.03. The standard InChI is InChI=1S/C19H37N3O3/c1-5-20-18(21-15-19(2,3)23-4)22-11-9-16(10-12-22)25-14-17-8-6-7-13-24-17/h16-17H,5-15H2,1-4H3,(H,20,21). The molecular formula is C19H37N3O3. The molecule has 2 fully saturated rings. The fraction of sp³-hybridized carbons (Fsp3) is 0.947. The molecule has 2 rings (SSSR count). The number of guanidine groups is 1. The SMILES string of the molecule is CCNC(=NCC(C)(C)OC)N1CCC(OCC2CCCCO2)CC1. The number of piperidine rings is 1. The number of hydrogen-bond acceptors (Lipinski definition) is 4. The monoisotopic (exact) mass is 355 g/mol. The quantitative estimate of drug-likeness (QED) is 0.561. The van der Waals surface area contributed by atoms with Gasteiger partial charge in [-0.05, 0) is 52.9 Å². The van der Waals surface area contributed by atoms with E-state index in [0.717, 1.165) is 58.1 Å². The maximum absolute atomic E-state index is 6.11. The Morgan fingerprint density at radius 1 is 1.24 bits per heavy atom. The molecule has 0 aromatic rings. The number of methoxy groups -OCH3 is 1. The summed E-state index contributed by atoms with van der Waals surface area (Å²) in [6, 6.07) is 0. The Kier molecular flexibility index (Phi) is 8.46. The van der Waals surface area contributed by atoms with Crippen molar-refractivity contribution in [2.75, 3.05) is 46.5 Å². The second kappa shape index (κ2) is 10.3. The van der Waals surface area contributed by atoms with Gasteiger partial charge >= 0.3 is 0 Å². The van der Waals surface area contributed by atoms with Gasteiger partial charge in [-0.25, -0.2) is 0 Å². The third kappa shape index (κ3) is 7.12. The second-order valence-corrected chi connectivity index (χ2v) is 7.64. The van der Waals surface area contributed by atoms with Crippen LogP contribution < -0.4 is 5.32 Å². The molecule has 1 unspecified atom stereocenters. The predicted molar refractivity (Wildman–Crippen MR) is 101 cm³/mol. The van der Waals surface area contributed by atoms with Gasteiger partial charge in [0.05, 0.1) is 31.0 Å². The number of nitrogens with one attached hydrogen (secondary N) is 1. The maximum atomic E-state index is 6.11. The summed E-state index contributed by atoms with van der Waals surface area (Å²) in [5.41, 5.74) is -0.234. The Bertz CT molecular complexity index is 401. The van der Waals surface area contributed by atoms with Crippen LogP contribution in [0.15, 0.2) is 4.99 Å².